The Morgan fingerprint density at radius 2 is 2.13 bits per heavy atom. The molecule has 23 heavy (non-hydrogen) atoms. The molecule has 0 aliphatic heterocycles. The van der Waals surface area contributed by atoms with Crippen molar-refractivity contribution in [2.45, 2.75) is 13.5 Å². The molecule has 0 unspecified atom stereocenters. The van der Waals surface area contributed by atoms with Gasteiger partial charge in [0.1, 0.15) is 5.82 Å². The Morgan fingerprint density at radius 3 is 2.83 bits per heavy atom. The molecule has 2 aromatic heterocycles. The minimum atomic E-state index is -0.282. The van der Waals surface area contributed by atoms with Crippen molar-refractivity contribution in [3.05, 3.63) is 65.4 Å². The Bertz CT molecular complexity index is 852. The first-order valence-electron chi connectivity index (χ1n) is 7.11. The van der Waals surface area contributed by atoms with Gasteiger partial charge in [0.05, 0.1) is 17.8 Å². The second-order valence-corrected chi connectivity index (χ2v) is 5.28. The lowest BCUT2D eigenvalue weighted by molar-refractivity contribution is 0.102. The molecule has 0 spiro atoms. The number of amides is 1. The van der Waals surface area contributed by atoms with E-state index in [1.807, 2.05) is 6.07 Å². The van der Waals surface area contributed by atoms with Gasteiger partial charge in [-0.15, -0.1) is 0 Å². The number of aryl methyl sites for hydroxylation is 2. The predicted octanol–water partition coefficient (Wildman–Crippen LogP) is 2.36. The molecular weight excluding hydrogens is 297 g/mol. The topological polar surface area (TPSA) is 64.7 Å². The second kappa shape index (κ2) is 6.04. The van der Waals surface area contributed by atoms with E-state index in [1.165, 1.54) is 12.1 Å². The minimum Gasteiger partial charge on any atom is -0.305 e. The number of nitrogens with one attached hydrogen (secondary N) is 1. The summed E-state index contributed by atoms with van der Waals surface area (Å²) in [5, 5.41) is 11.1. The fourth-order valence-corrected chi connectivity index (χ4v) is 2.34. The Kier molecular flexibility index (Phi) is 3.92. The standard InChI is InChI=1S/C16H16FN5O/c1-11-14(10-21(2)19-11)16(23)18-15-6-7-22(20-15)9-12-4-3-5-13(17)8-12/h3-8,10H,9H2,1-2H3,(H,18,20,23). The molecule has 3 rings (SSSR count). The zero-order chi connectivity index (χ0) is 16.4. The molecule has 1 amide bonds. The first kappa shape index (κ1) is 15.0. The molecule has 0 atom stereocenters. The van der Waals surface area contributed by atoms with Gasteiger partial charge in [0.15, 0.2) is 5.82 Å². The second-order valence-electron chi connectivity index (χ2n) is 5.28. The third-order valence-corrected chi connectivity index (χ3v) is 3.37. The first-order valence-corrected chi connectivity index (χ1v) is 7.11. The van der Waals surface area contributed by atoms with Crippen molar-refractivity contribution in [1.82, 2.24) is 19.6 Å². The highest BCUT2D eigenvalue weighted by atomic mass is 19.1. The van der Waals surface area contributed by atoms with E-state index in [0.29, 0.717) is 23.6 Å². The molecule has 0 fully saturated rings. The van der Waals surface area contributed by atoms with Gasteiger partial charge in [0, 0.05) is 25.5 Å². The molecule has 3 aromatic rings. The third-order valence-electron chi connectivity index (χ3n) is 3.37. The number of aromatic nitrogens is 4. The summed E-state index contributed by atoms with van der Waals surface area (Å²) < 4.78 is 16.4. The molecule has 1 N–H and O–H groups in total. The average molecular weight is 313 g/mol. The van der Waals surface area contributed by atoms with Crippen molar-refractivity contribution in [1.29, 1.82) is 0 Å². The minimum absolute atomic E-state index is 0.258. The Balaban J connectivity index is 1.70. The highest BCUT2D eigenvalue weighted by Gasteiger charge is 2.13. The average Bonchev–Trinajstić information content (AvgIpc) is 3.05. The summed E-state index contributed by atoms with van der Waals surface area (Å²) in [5.74, 6) is -0.100. The highest BCUT2D eigenvalue weighted by Crippen LogP contribution is 2.11. The molecule has 1 aromatic carbocycles. The van der Waals surface area contributed by atoms with Crippen LogP contribution < -0.4 is 5.32 Å². The zero-order valence-electron chi connectivity index (χ0n) is 12.8. The maximum absolute atomic E-state index is 13.2. The number of anilines is 1. The summed E-state index contributed by atoms with van der Waals surface area (Å²) in [6, 6.07) is 8.03. The van der Waals surface area contributed by atoms with Crippen LogP contribution in [0.4, 0.5) is 10.2 Å². The molecule has 0 bridgehead atoms. The van der Waals surface area contributed by atoms with Crippen LogP contribution in [-0.2, 0) is 13.6 Å². The molecule has 7 heteroatoms. The van der Waals surface area contributed by atoms with E-state index in [9.17, 15) is 9.18 Å². The van der Waals surface area contributed by atoms with Crippen molar-refractivity contribution in [3.63, 3.8) is 0 Å². The largest absolute Gasteiger partial charge is 0.305 e. The molecule has 0 radical (unpaired) electrons. The van der Waals surface area contributed by atoms with Crippen LogP contribution in [0.25, 0.3) is 0 Å². The van der Waals surface area contributed by atoms with Gasteiger partial charge in [0.25, 0.3) is 5.91 Å². The molecular formula is C16H16FN5O. The van der Waals surface area contributed by atoms with Crippen molar-refractivity contribution >= 4 is 11.7 Å². The van der Waals surface area contributed by atoms with Crippen LogP contribution in [0, 0.1) is 12.7 Å². The van der Waals surface area contributed by atoms with E-state index < -0.39 is 0 Å². The predicted molar refractivity (Wildman–Crippen MR) is 83.6 cm³/mol. The number of carbonyl (C=O) groups excluding carboxylic acids is 1. The van der Waals surface area contributed by atoms with Crippen LogP contribution in [0.15, 0.2) is 42.7 Å². The zero-order valence-corrected chi connectivity index (χ0v) is 12.8. The van der Waals surface area contributed by atoms with Crippen molar-refractivity contribution in [2.75, 3.05) is 5.32 Å². The molecule has 0 saturated heterocycles. The van der Waals surface area contributed by atoms with Crippen molar-refractivity contribution in [3.8, 4) is 0 Å². The third kappa shape index (κ3) is 3.45. The molecule has 2 heterocycles. The lowest BCUT2D eigenvalue weighted by atomic mass is 10.2. The number of hydrogen-bond acceptors (Lipinski definition) is 3. The fraction of sp³-hybridized carbons (Fsp3) is 0.188. The summed E-state index contributed by atoms with van der Waals surface area (Å²) in [4.78, 5) is 12.2. The van der Waals surface area contributed by atoms with Crippen molar-refractivity contribution in [2.24, 2.45) is 7.05 Å². The number of nitrogens with zero attached hydrogens (tertiary/aromatic N) is 4. The summed E-state index contributed by atoms with van der Waals surface area (Å²) in [6.45, 7) is 2.21. The van der Waals surface area contributed by atoms with Crippen LogP contribution in [0.2, 0.25) is 0 Å². The molecule has 118 valence electrons. The summed E-state index contributed by atoms with van der Waals surface area (Å²) in [7, 11) is 1.76. The van der Waals surface area contributed by atoms with Crippen molar-refractivity contribution < 1.29 is 9.18 Å². The molecule has 0 saturated carbocycles. The van der Waals surface area contributed by atoms with Crippen LogP contribution in [0.5, 0.6) is 0 Å². The highest BCUT2D eigenvalue weighted by molar-refractivity contribution is 6.04. The SMILES string of the molecule is Cc1nn(C)cc1C(=O)Nc1ccn(Cc2cccc(F)c2)n1. The Labute approximate surface area is 132 Å². The number of halogens is 1. The van der Waals surface area contributed by atoms with Gasteiger partial charge < -0.3 is 5.32 Å². The fourth-order valence-electron chi connectivity index (χ4n) is 2.34. The Hall–Kier alpha value is -2.96. The van der Waals surface area contributed by atoms with E-state index in [2.05, 4.69) is 15.5 Å². The number of rotatable bonds is 4. The van der Waals surface area contributed by atoms with Gasteiger partial charge in [-0.3, -0.25) is 14.2 Å². The van der Waals surface area contributed by atoms with Crippen LogP contribution >= 0.6 is 0 Å². The summed E-state index contributed by atoms with van der Waals surface area (Å²) in [6.07, 6.45) is 3.39. The van der Waals surface area contributed by atoms with E-state index in [1.54, 1.807) is 47.9 Å². The van der Waals surface area contributed by atoms with Crippen LogP contribution in [0.1, 0.15) is 21.6 Å². The quantitative estimate of drug-likeness (QED) is 0.804. The molecule has 0 aliphatic rings. The number of benzene rings is 1. The maximum Gasteiger partial charge on any atom is 0.260 e. The number of hydrogen-bond donors (Lipinski definition) is 1. The summed E-state index contributed by atoms with van der Waals surface area (Å²) >= 11 is 0. The first-order chi connectivity index (χ1) is 11.0. The van der Waals surface area contributed by atoms with E-state index in [0.717, 1.165) is 5.56 Å². The number of carbonyl (C=O) groups is 1. The summed E-state index contributed by atoms with van der Waals surface area (Å²) in [5.41, 5.74) is 1.96. The van der Waals surface area contributed by atoms with E-state index in [-0.39, 0.29) is 11.7 Å². The smallest absolute Gasteiger partial charge is 0.260 e. The van der Waals surface area contributed by atoms with Crippen LogP contribution in [-0.4, -0.2) is 25.5 Å². The lowest BCUT2D eigenvalue weighted by Crippen LogP contribution is -2.13. The van der Waals surface area contributed by atoms with Gasteiger partial charge in [-0.25, -0.2) is 4.39 Å². The lowest BCUT2D eigenvalue weighted by Gasteiger charge is -2.03. The van der Waals surface area contributed by atoms with Gasteiger partial charge in [-0.05, 0) is 24.6 Å². The van der Waals surface area contributed by atoms with Crippen LogP contribution in [0.3, 0.4) is 0 Å². The normalized spacial score (nSPS) is 10.7. The molecule has 0 aliphatic carbocycles. The monoisotopic (exact) mass is 313 g/mol. The molecule has 6 nitrogen and oxygen atoms in total. The van der Waals surface area contributed by atoms with Gasteiger partial charge in [-0.2, -0.15) is 10.2 Å². The van der Waals surface area contributed by atoms with Gasteiger partial charge >= 0.3 is 0 Å². The maximum atomic E-state index is 13.2. The van der Waals surface area contributed by atoms with E-state index in [4.69, 9.17) is 0 Å². The van der Waals surface area contributed by atoms with E-state index >= 15 is 0 Å². The Morgan fingerprint density at radius 1 is 1.30 bits per heavy atom. The van der Waals surface area contributed by atoms with Gasteiger partial charge in [-0.1, -0.05) is 12.1 Å². The van der Waals surface area contributed by atoms with Gasteiger partial charge in [0.2, 0.25) is 0 Å².